The summed E-state index contributed by atoms with van der Waals surface area (Å²) in [5, 5.41) is 9.62. The normalized spacial score (nSPS) is 10.8. The number of aromatic nitrogens is 3. The van der Waals surface area contributed by atoms with Crippen LogP contribution in [0.2, 0.25) is 0 Å². The molecule has 0 aliphatic heterocycles. The number of thioether (sulfide) groups is 1. The van der Waals surface area contributed by atoms with Gasteiger partial charge in [0.25, 0.3) is 0 Å². The Balaban J connectivity index is 1.75. The summed E-state index contributed by atoms with van der Waals surface area (Å²) in [6, 6.07) is 17.0. The molecule has 0 aliphatic rings. The molecule has 0 spiro atoms. The van der Waals surface area contributed by atoms with Crippen LogP contribution in [0.5, 0.6) is 11.5 Å². The fourth-order valence-corrected chi connectivity index (χ4v) is 4.16. The molecule has 0 fully saturated rings. The van der Waals surface area contributed by atoms with Crippen molar-refractivity contribution in [1.82, 2.24) is 14.8 Å². The Labute approximate surface area is 195 Å². The first-order valence-corrected chi connectivity index (χ1v) is 11.1. The topological polar surface area (TPSA) is 88.6 Å². The van der Waals surface area contributed by atoms with E-state index in [1.807, 2.05) is 54.0 Å². The van der Waals surface area contributed by atoms with Crippen molar-refractivity contribution in [3.8, 4) is 28.6 Å². The van der Waals surface area contributed by atoms with Gasteiger partial charge in [0, 0.05) is 11.6 Å². The van der Waals surface area contributed by atoms with Crippen molar-refractivity contribution < 1.29 is 23.4 Å². The Hall–Kier alpha value is -3.72. The zero-order valence-electron chi connectivity index (χ0n) is 18.7. The number of carbonyl (C=O) groups is 1. The van der Waals surface area contributed by atoms with E-state index in [9.17, 15) is 4.79 Å². The van der Waals surface area contributed by atoms with Crippen LogP contribution in [0.4, 0.5) is 0 Å². The standard InChI is InChI=1S/C24H23N3O5S/c1-15-7-5-6-8-20(15)27-22(16-11-18(29-2)13-19(12-16)30-3)25-26-24(27)33-14-17-9-10-21(32-17)23(28)31-4/h5-13H,14H2,1-4H3. The Morgan fingerprint density at radius 1 is 1.00 bits per heavy atom. The summed E-state index contributed by atoms with van der Waals surface area (Å²) in [6.07, 6.45) is 0. The van der Waals surface area contributed by atoms with E-state index in [-0.39, 0.29) is 5.76 Å². The number of hydrogen-bond donors (Lipinski definition) is 0. The molecule has 0 bridgehead atoms. The average Bonchev–Trinajstić information content (AvgIpc) is 3.49. The minimum absolute atomic E-state index is 0.164. The number of furan rings is 1. The van der Waals surface area contributed by atoms with E-state index in [4.69, 9.17) is 18.6 Å². The number of benzene rings is 2. The molecule has 2 aromatic heterocycles. The van der Waals surface area contributed by atoms with Crippen LogP contribution in [0.1, 0.15) is 21.9 Å². The molecular weight excluding hydrogens is 442 g/mol. The Bertz CT molecular complexity index is 1260. The molecule has 0 N–H and O–H groups in total. The first-order chi connectivity index (χ1) is 16.0. The van der Waals surface area contributed by atoms with E-state index in [1.165, 1.54) is 18.9 Å². The van der Waals surface area contributed by atoms with Crippen molar-refractivity contribution in [2.24, 2.45) is 0 Å². The van der Waals surface area contributed by atoms with Gasteiger partial charge in [-0.15, -0.1) is 10.2 Å². The van der Waals surface area contributed by atoms with Gasteiger partial charge in [0.2, 0.25) is 5.76 Å². The van der Waals surface area contributed by atoms with Gasteiger partial charge in [-0.2, -0.15) is 0 Å². The molecule has 9 heteroatoms. The zero-order valence-corrected chi connectivity index (χ0v) is 19.5. The van der Waals surface area contributed by atoms with Crippen molar-refractivity contribution in [2.45, 2.75) is 17.8 Å². The van der Waals surface area contributed by atoms with Crippen molar-refractivity contribution in [3.63, 3.8) is 0 Å². The fraction of sp³-hybridized carbons (Fsp3) is 0.208. The second-order valence-corrected chi connectivity index (χ2v) is 8.02. The van der Waals surface area contributed by atoms with Crippen LogP contribution in [0.15, 0.2) is 64.2 Å². The maximum atomic E-state index is 11.7. The molecule has 4 aromatic rings. The molecule has 2 heterocycles. The number of esters is 1. The molecule has 0 radical (unpaired) electrons. The summed E-state index contributed by atoms with van der Waals surface area (Å²) in [5.74, 6) is 2.71. The van der Waals surface area contributed by atoms with Crippen LogP contribution < -0.4 is 9.47 Å². The zero-order chi connectivity index (χ0) is 23.4. The first-order valence-electron chi connectivity index (χ1n) is 10.1. The predicted molar refractivity (Wildman–Crippen MR) is 124 cm³/mol. The van der Waals surface area contributed by atoms with Crippen molar-refractivity contribution >= 4 is 17.7 Å². The van der Waals surface area contributed by atoms with Crippen LogP contribution in [-0.4, -0.2) is 42.1 Å². The summed E-state index contributed by atoms with van der Waals surface area (Å²) >= 11 is 1.45. The average molecular weight is 466 g/mol. The van der Waals surface area contributed by atoms with Gasteiger partial charge in [0.1, 0.15) is 17.3 Å². The minimum Gasteiger partial charge on any atom is -0.497 e. The summed E-state index contributed by atoms with van der Waals surface area (Å²) in [4.78, 5) is 11.7. The molecule has 8 nitrogen and oxygen atoms in total. The van der Waals surface area contributed by atoms with Crippen molar-refractivity contribution in [3.05, 3.63) is 71.7 Å². The van der Waals surface area contributed by atoms with Gasteiger partial charge in [-0.1, -0.05) is 30.0 Å². The monoisotopic (exact) mass is 465 g/mol. The lowest BCUT2D eigenvalue weighted by atomic mass is 10.1. The molecule has 4 rings (SSSR count). The van der Waals surface area contributed by atoms with Gasteiger partial charge in [0.15, 0.2) is 11.0 Å². The molecule has 2 aromatic carbocycles. The number of aryl methyl sites for hydroxylation is 1. The number of carbonyl (C=O) groups excluding carboxylic acids is 1. The molecule has 170 valence electrons. The fourth-order valence-electron chi connectivity index (χ4n) is 3.32. The van der Waals surface area contributed by atoms with Gasteiger partial charge in [-0.3, -0.25) is 4.57 Å². The largest absolute Gasteiger partial charge is 0.497 e. The summed E-state index contributed by atoms with van der Waals surface area (Å²) in [6.45, 7) is 2.04. The highest BCUT2D eigenvalue weighted by Crippen LogP contribution is 2.34. The van der Waals surface area contributed by atoms with Crippen molar-refractivity contribution in [2.75, 3.05) is 21.3 Å². The van der Waals surface area contributed by atoms with Gasteiger partial charge in [0.05, 0.1) is 32.8 Å². The smallest absolute Gasteiger partial charge is 0.373 e. The number of hydrogen-bond acceptors (Lipinski definition) is 8. The van der Waals surface area contributed by atoms with Crippen molar-refractivity contribution in [1.29, 1.82) is 0 Å². The third-order valence-corrected chi connectivity index (χ3v) is 5.94. The molecule has 0 aliphatic carbocycles. The maximum absolute atomic E-state index is 11.7. The first kappa shape index (κ1) is 22.5. The van der Waals surface area contributed by atoms with Crippen LogP contribution >= 0.6 is 11.8 Å². The summed E-state index contributed by atoms with van der Waals surface area (Å²) < 4.78 is 23.2. The molecule has 0 saturated carbocycles. The van der Waals surface area contributed by atoms with Crippen LogP contribution in [0.3, 0.4) is 0 Å². The molecule has 0 saturated heterocycles. The maximum Gasteiger partial charge on any atom is 0.373 e. The number of nitrogens with zero attached hydrogens (tertiary/aromatic N) is 3. The lowest BCUT2D eigenvalue weighted by molar-refractivity contribution is 0.0563. The quantitative estimate of drug-likeness (QED) is 0.267. The second-order valence-electron chi connectivity index (χ2n) is 7.08. The van der Waals surface area contributed by atoms with E-state index in [0.29, 0.717) is 34.0 Å². The third kappa shape index (κ3) is 4.73. The van der Waals surface area contributed by atoms with Crippen LogP contribution in [-0.2, 0) is 10.5 Å². The molecule has 0 amide bonds. The van der Waals surface area contributed by atoms with E-state index < -0.39 is 5.97 Å². The molecular formula is C24H23N3O5S. The second kappa shape index (κ2) is 9.83. The minimum atomic E-state index is -0.511. The van der Waals surface area contributed by atoms with Crippen LogP contribution in [0.25, 0.3) is 17.1 Å². The van der Waals surface area contributed by atoms with Gasteiger partial charge in [-0.25, -0.2) is 4.79 Å². The lowest BCUT2D eigenvalue weighted by Crippen LogP contribution is -2.02. The van der Waals surface area contributed by atoms with Gasteiger partial charge < -0.3 is 18.6 Å². The van der Waals surface area contributed by atoms with Crippen LogP contribution in [0, 0.1) is 6.92 Å². The highest BCUT2D eigenvalue weighted by molar-refractivity contribution is 7.98. The molecule has 0 unspecified atom stereocenters. The van der Waals surface area contributed by atoms with Gasteiger partial charge in [-0.05, 0) is 42.8 Å². The summed E-state index contributed by atoms with van der Waals surface area (Å²) in [5.41, 5.74) is 2.83. The predicted octanol–water partition coefficient (Wildman–Crippen LogP) is 4.93. The third-order valence-electron chi connectivity index (χ3n) is 4.99. The number of para-hydroxylation sites is 1. The van der Waals surface area contributed by atoms with Gasteiger partial charge >= 0.3 is 5.97 Å². The Morgan fingerprint density at radius 2 is 1.73 bits per heavy atom. The number of rotatable bonds is 8. The molecule has 0 atom stereocenters. The van der Waals surface area contributed by atoms with E-state index in [2.05, 4.69) is 10.2 Å². The highest BCUT2D eigenvalue weighted by Gasteiger charge is 2.20. The highest BCUT2D eigenvalue weighted by atomic mass is 32.2. The summed E-state index contributed by atoms with van der Waals surface area (Å²) in [7, 11) is 4.54. The number of ether oxygens (including phenoxy) is 3. The van der Waals surface area contributed by atoms with E-state index in [0.717, 1.165) is 16.8 Å². The molecule has 33 heavy (non-hydrogen) atoms. The van der Waals surface area contributed by atoms with E-state index >= 15 is 0 Å². The number of methoxy groups -OCH3 is 3. The Kier molecular flexibility index (Phi) is 6.69. The van der Waals surface area contributed by atoms with E-state index in [1.54, 1.807) is 26.4 Å². The SMILES string of the molecule is COC(=O)c1ccc(CSc2nnc(-c3cc(OC)cc(OC)c3)n2-c2ccccc2C)o1. The lowest BCUT2D eigenvalue weighted by Gasteiger charge is -2.14. The Morgan fingerprint density at radius 3 is 2.39 bits per heavy atom.